The molecule has 34 heavy (non-hydrogen) atoms. The molecule has 6 nitrogen and oxygen atoms in total. The van der Waals surface area contributed by atoms with Crippen molar-refractivity contribution in [2.75, 3.05) is 0 Å². The third-order valence-electron chi connectivity index (χ3n) is 5.68. The van der Waals surface area contributed by atoms with Crippen molar-refractivity contribution in [1.29, 1.82) is 0 Å². The molecule has 0 N–H and O–H groups in total. The van der Waals surface area contributed by atoms with Crippen molar-refractivity contribution < 1.29 is 0 Å². The molecule has 0 aliphatic rings. The van der Waals surface area contributed by atoms with Gasteiger partial charge in [0.2, 0.25) is 0 Å². The number of nitrogens with zero attached hydrogens (tertiary/aromatic N) is 6. The van der Waals surface area contributed by atoms with E-state index in [-0.39, 0.29) is 11.8 Å². The molecule has 0 spiro atoms. The van der Waals surface area contributed by atoms with E-state index in [9.17, 15) is 0 Å². The van der Waals surface area contributed by atoms with Gasteiger partial charge < -0.3 is 0 Å². The summed E-state index contributed by atoms with van der Waals surface area (Å²) in [6, 6.07) is 27.8. The molecule has 6 heteroatoms. The van der Waals surface area contributed by atoms with E-state index in [2.05, 4.69) is 20.2 Å². The molecule has 5 aromatic heterocycles. The van der Waals surface area contributed by atoms with Gasteiger partial charge >= 0.3 is 0 Å². The Kier molecular flexibility index (Phi) is 6.12. The summed E-state index contributed by atoms with van der Waals surface area (Å²) >= 11 is 0. The Bertz CT molecular complexity index is 1260. The minimum atomic E-state index is -0.215. The van der Waals surface area contributed by atoms with Crippen LogP contribution in [0.4, 0.5) is 0 Å². The van der Waals surface area contributed by atoms with Crippen LogP contribution in [0.3, 0.4) is 0 Å². The molecule has 0 saturated heterocycles. The predicted octanol–water partition coefficient (Wildman–Crippen LogP) is 5.03. The van der Waals surface area contributed by atoms with E-state index in [1.54, 1.807) is 12.4 Å². The quantitative estimate of drug-likeness (QED) is 0.365. The van der Waals surface area contributed by atoms with Gasteiger partial charge in [0.15, 0.2) is 0 Å². The second-order valence-corrected chi connectivity index (χ2v) is 8.17. The molecular weight excluding hydrogens is 420 g/mol. The van der Waals surface area contributed by atoms with Crippen LogP contribution in [0.1, 0.15) is 57.4 Å². The van der Waals surface area contributed by atoms with Crippen molar-refractivity contribution in [3.8, 4) is 0 Å². The Morgan fingerprint density at radius 3 is 1.24 bits per heavy atom. The van der Waals surface area contributed by atoms with E-state index in [1.165, 1.54) is 0 Å². The standard InChI is InChI=1S/C28H24N6/c1-19-9-7-13-23(31-19)27(21-11-3-5-17-29-21)25-15-16-26(34-33-25)28(22-12-4-6-18-30-22)24-14-8-10-20(2)32-24/h3-18,27-28H,1-2H3. The number of hydrogen-bond donors (Lipinski definition) is 0. The Balaban J connectivity index is 1.59. The Hall–Kier alpha value is -4.32. The number of aryl methyl sites for hydroxylation is 2. The van der Waals surface area contributed by atoms with Gasteiger partial charge in [0.05, 0.1) is 46.0 Å². The molecule has 5 heterocycles. The summed E-state index contributed by atoms with van der Waals surface area (Å²) in [5, 5.41) is 9.34. The highest BCUT2D eigenvalue weighted by Crippen LogP contribution is 2.31. The summed E-state index contributed by atoms with van der Waals surface area (Å²) < 4.78 is 0. The van der Waals surface area contributed by atoms with Gasteiger partial charge in [-0.15, -0.1) is 0 Å². The van der Waals surface area contributed by atoms with Gasteiger partial charge in [-0.25, -0.2) is 0 Å². The van der Waals surface area contributed by atoms with Gasteiger partial charge in [-0.1, -0.05) is 24.3 Å². The average Bonchev–Trinajstić information content (AvgIpc) is 2.87. The van der Waals surface area contributed by atoms with Crippen LogP contribution in [0.15, 0.2) is 97.3 Å². The molecule has 0 radical (unpaired) electrons. The maximum absolute atomic E-state index is 4.76. The highest BCUT2D eigenvalue weighted by molar-refractivity contribution is 5.37. The molecular formula is C28H24N6. The van der Waals surface area contributed by atoms with Gasteiger partial charge in [-0.05, 0) is 74.5 Å². The van der Waals surface area contributed by atoms with E-state index >= 15 is 0 Å². The summed E-state index contributed by atoms with van der Waals surface area (Å²) in [6.45, 7) is 3.97. The fourth-order valence-corrected chi connectivity index (χ4v) is 4.11. The minimum absolute atomic E-state index is 0.215. The largest absolute Gasteiger partial charge is 0.260 e. The lowest BCUT2D eigenvalue weighted by atomic mass is 9.93. The Labute approximate surface area is 198 Å². The Morgan fingerprint density at radius 2 is 0.882 bits per heavy atom. The molecule has 5 rings (SSSR count). The molecule has 0 bridgehead atoms. The molecule has 2 atom stereocenters. The molecule has 0 saturated carbocycles. The lowest BCUT2D eigenvalue weighted by molar-refractivity contribution is 0.754. The zero-order valence-corrected chi connectivity index (χ0v) is 19.1. The summed E-state index contributed by atoms with van der Waals surface area (Å²) in [7, 11) is 0. The lowest BCUT2D eigenvalue weighted by Crippen LogP contribution is -2.14. The van der Waals surface area contributed by atoms with Crippen LogP contribution in [0.5, 0.6) is 0 Å². The van der Waals surface area contributed by atoms with Crippen molar-refractivity contribution in [2.24, 2.45) is 0 Å². The van der Waals surface area contributed by atoms with Crippen LogP contribution in [-0.2, 0) is 0 Å². The van der Waals surface area contributed by atoms with Gasteiger partial charge in [0.1, 0.15) is 0 Å². The number of aromatic nitrogens is 6. The first-order valence-corrected chi connectivity index (χ1v) is 11.2. The molecule has 0 aromatic carbocycles. The monoisotopic (exact) mass is 444 g/mol. The van der Waals surface area contributed by atoms with Gasteiger partial charge in [-0.2, -0.15) is 10.2 Å². The summed E-state index contributed by atoms with van der Waals surface area (Å²) in [5.74, 6) is -0.430. The third-order valence-corrected chi connectivity index (χ3v) is 5.68. The minimum Gasteiger partial charge on any atom is -0.260 e. The molecule has 166 valence electrons. The first-order valence-electron chi connectivity index (χ1n) is 11.2. The molecule has 0 aliphatic carbocycles. The molecule has 5 aromatic rings. The maximum Gasteiger partial charge on any atom is 0.0876 e. The van der Waals surface area contributed by atoms with Crippen LogP contribution in [0.2, 0.25) is 0 Å². The van der Waals surface area contributed by atoms with Crippen LogP contribution < -0.4 is 0 Å². The highest BCUT2D eigenvalue weighted by Gasteiger charge is 2.25. The van der Waals surface area contributed by atoms with Gasteiger partial charge in [-0.3, -0.25) is 19.9 Å². The molecule has 0 aliphatic heterocycles. The van der Waals surface area contributed by atoms with Crippen LogP contribution >= 0.6 is 0 Å². The SMILES string of the molecule is Cc1cccc(C(c2ccccn2)c2ccc(C(c3ccccn3)c3cccc(C)n3)nn2)n1. The van der Waals surface area contributed by atoms with E-state index in [0.717, 1.165) is 45.6 Å². The summed E-state index contributed by atoms with van der Waals surface area (Å²) in [4.78, 5) is 18.7. The van der Waals surface area contributed by atoms with Crippen molar-refractivity contribution in [2.45, 2.75) is 25.7 Å². The second kappa shape index (κ2) is 9.67. The number of rotatable bonds is 6. The van der Waals surface area contributed by atoms with E-state index in [4.69, 9.17) is 9.97 Å². The van der Waals surface area contributed by atoms with Gasteiger partial charge in [0, 0.05) is 23.8 Å². The van der Waals surface area contributed by atoms with E-state index in [1.807, 2.05) is 98.8 Å². The van der Waals surface area contributed by atoms with E-state index in [0.29, 0.717) is 0 Å². The zero-order chi connectivity index (χ0) is 23.3. The van der Waals surface area contributed by atoms with Crippen molar-refractivity contribution in [1.82, 2.24) is 30.1 Å². The normalized spacial score (nSPS) is 12.8. The topological polar surface area (TPSA) is 77.3 Å². The first-order chi connectivity index (χ1) is 16.7. The predicted molar refractivity (Wildman–Crippen MR) is 130 cm³/mol. The average molecular weight is 445 g/mol. The van der Waals surface area contributed by atoms with Crippen molar-refractivity contribution in [3.05, 3.63) is 143 Å². The van der Waals surface area contributed by atoms with E-state index < -0.39 is 0 Å². The van der Waals surface area contributed by atoms with Crippen LogP contribution in [0.25, 0.3) is 0 Å². The lowest BCUT2D eigenvalue weighted by Gasteiger charge is -2.18. The smallest absolute Gasteiger partial charge is 0.0876 e. The zero-order valence-electron chi connectivity index (χ0n) is 19.1. The molecule has 0 amide bonds. The van der Waals surface area contributed by atoms with Crippen molar-refractivity contribution in [3.63, 3.8) is 0 Å². The van der Waals surface area contributed by atoms with Crippen molar-refractivity contribution >= 4 is 0 Å². The molecule has 0 fully saturated rings. The fourth-order valence-electron chi connectivity index (χ4n) is 4.11. The Morgan fingerprint density at radius 1 is 0.441 bits per heavy atom. The van der Waals surface area contributed by atoms with Crippen LogP contribution in [-0.4, -0.2) is 30.1 Å². The van der Waals surface area contributed by atoms with Crippen LogP contribution in [0, 0.1) is 13.8 Å². The summed E-state index contributed by atoms with van der Waals surface area (Å²) in [5.41, 5.74) is 7.01. The first kappa shape index (κ1) is 21.5. The maximum atomic E-state index is 4.76. The molecule has 2 unspecified atom stereocenters. The fraction of sp³-hybridized carbons (Fsp3) is 0.143. The van der Waals surface area contributed by atoms with Gasteiger partial charge in [0.25, 0.3) is 0 Å². The summed E-state index contributed by atoms with van der Waals surface area (Å²) in [6.07, 6.45) is 3.58. The second-order valence-electron chi connectivity index (χ2n) is 8.17. The number of pyridine rings is 4. The third kappa shape index (κ3) is 4.57. The highest BCUT2D eigenvalue weighted by atomic mass is 15.1. The number of hydrogen-bond acceptors (Lipinski definition) is 6.